The smallest absolute Gasteiger partial charge is 0.229 e. The standard InChI is InChI=1S/C22H26N2O2/c25-20(21-8-14-7-15(9-21)11-22(26,10-14)13-21)24-6-5-19-17(12-24)16-3-1-2-4-18(16)23-19/h1-4,14-15,23,26H,5-13H2/t14-,15-,21?,22?/m1/s1. The molecule has 4 nitrogen and oxygen atoms in total. The third-order valence-electron chi connectivity index (χ3n) is 7.65. The molecular formula is C22H26N2O2. The number of hydrogen-bond donors (Lipinski definition) is 2. The maximum absolute atomic E-state index is 13.7. The third kappa shape index (κ3) is 2.02. The minimum absolute atomic E-state index is 0.289. The predicted octanol–water partition coefficient (Wildman–Crippen LogP) is 3.38. The lowest BCUT2D eigenvalue weighted by atomic mass is 9.47. The second kappa shape index (κ2) is 4.92. The van der Waals surface area contributed by atoms with E-state index in [1.54, 1.807) is 0 Å². The summed E-state index contributed by atoms with van der Waals surface area (Å²) >= 11 is 0. The number of rotatable bonds is 1. The fourth-order valence-electron chi connectivity index (χ4n) is 7.14. The zero-order valence-electron chi connectivity index (χ0n) is 15.1. The van der Waals surface area contributed by atoms with Crippen molar-refractivity contribution in [2.45, 2.75) is 57.1 Å². The molecule has 0 saturated heterocycles. The highest BCUT2D eigenvalue weighted by atomic mass is 16.3. The van der Waals surface area contributed by atoms with Crippen LogP contribution in [0.4, 0.5) is 0 Å². The summed E-state index contributed by atoms with van der Waals surface area (Å²) < 4.78 is 0. The average molecular weight is 350 g/mol. The number of aromatic nitrogens is 1. The molecule has 0 radical (unpaired) electrons. The van der Waals surface area contributed by atoms with E-state index >= 15 is 0 Å². The van der Waals surface area contributed by atoms with E-state index in [-0.39, 0.29) is 5.41 Å². The highest BCUT2D eigenvalue weighted by Gasteiger charge is 2.60. The van der Waals surface area contributed by atoms with Crippen LogP contribution in [0.3, 0.4) is 0 Å². The molecule has 0 unspecified atom stereocenters. The molecule has 1 amide bonds. The number of amides is 1. The van der Waals surface area contributed by atoms with Crippen molar-refractivity contribution < 1.29 is 9.90 Å². The van der Waals surface area contributed by atoms with Gasteiger partial charge >= 0.3 is 0 Å². The number of para-hydroxylation sites is 1. The zero-order valence-corrected chi connectivity index (χ0v) is 15.1. The summed E-state index contributed by atoms with van der Waals surface area (Å²) in [7, 11) is 0. The van der Waals surface area contributed by atoms with Crippen LogP contribution in [0.15, 0.2) is 24.3 Å². The van der Waals surface area contributed by atoms with Crippen molar-refractivity contribution in [3.63, 3.8) is 0 Å². The summed E-state index contributed by atoms with van der Waals surface area (Å²) in [6.07, 6.45) is 6.68. The zero-order chi connectivity index (χ0) is 17.5. The van der Waals surface area contributed by atoms with Crippen LogP contribution in [0.25, 0.3) is 10.9 Å². The molecule has 2 aromatic rings. The SMILES string of the molecule is O=C(N1CCc2[nH]c3ccccc3c2C1)C12C[C@H]3C[C@@H](CC(O)(C3)C1)C2. The van der Waals surface area contributed by atoms with E-state index in [0.29, 0.717) is 30.7 Å². The number of nitrogens with one attached hydrogen (secondary N) is 1. The molecule has 4 aliphatic carbocycles. The minimum atomic E-state index is -0.568. The minimum Gasteiger partial charge on any atom is -0.390 e. The summed E-state index contributed by atoms with van der Waals surface area (Å²) in [5.74, 6) is 1.43. The Morgan fingerprint density at radius 2 is 1.92 bits per heavy atom. The Labute approximate surface area is 153 Å². The van der Waals surface area contributed by atoms with Gasteiger partial charge < -0.3 is 15.0 Å². The van der Waals surface area contributed by atoms with Crippen molar-refractivity contribution in [1.29, 1.82) is 0 Å². The van der Waals surface area contributed by atoms with Gasteiger partial charge in [-0.2, -0.15) is 0 Å². The van der Waals surface area contributed by atoms with Crippen LogP contribution in [-0.4, -0.2) is 33.0 Å². The molecule has 4 saturated carbocycles. The first kappa shape index (κ1) is 15.3. The third-order valence-corrected chi connectivity index (χ3v) is 7.65. The van der Waals surface area contributed by atoms with Crippen LogP contribution >= 0.6 is 0 Å². The molecule has 136 valence electrons. The number of benzene rings is 1. The Morgan fingerprint density at radius 1 is 1.15 bits per heavy atom. The highest BCUT2D eigenvalue weighted by Crippen LogP contribution is 2.62. The van der Waals surface area contributed by atoms with Crippen LogP contribution in [0, 0.1) is 17.3 Å². The van der Waals surface area contributed by atoms with Gasteiger partial charge in [-0.3, -0.25) is 4.79 Å². The lowest BCUT2D eigenvalue weighted by molar-refractivity contribution is -0.186. The van der Waals surface area contributed by atoms with Gasteiger partial charge in [-0.05, 0) is 56.4 Å². The molecule has 1 aromatic carbocycles. The van der Waals surface area contributed by atoms with Crippen molar-refractivity contribution >= 4 is 16.8 Å². The Morgan fingerprint density at radius 3 is 2.69 bits per heavy atom. The highest BCUT2D eigenvalue weighted by molar-refractivity contribution is 5.87. The molecule has 2 N–H and O–H groups in total. The molecule has 4 bridgehead atoms. The van der Waals surface area contributed by atoms with Crippen molar-refractivity contribution in [2.24, 2.45) is 17.3 Å². The lowest BCUT2D eigenvalue weighted by Gasteiger charge is -2.60. The normalized spacial score (nSPS) is 38.0. The summed E-state index contributed by atoms with van der Waals surface area (Å²) in [5.41, 5.74) is 2.91. The van der Waals surface area contributed by atoms with E-state index in [1.807, 2.05) is 0 Å². The van der Waals surface area contributed by atoms with Gasteiger partial charge in [0.15, 0.2) is 0 Å². The first-order valence-electron chi connectivity index (χ1n) is 10.1. The van der Waals surface area contributed by atoms with Gasteiger partial charge in [-0.1, -0.05) is 18.2 Å². The van der Waals surface area contributed by atoms with Gasteiger partial charge in [0.2, 0.25) is 5.91 Å². The van der Waals surface area contributed by atoms with Crippen LogP contribution in [0.5, 0.6) is 0 Å². The van der Waals surface area contributed by atoms with E-state index in [0.717, 1.165) is 38.6 Å². The summed E-state index contributed by atoms with van der Waals surface area (Å²) in [6, 6.07) is 8.41. The quantitative estimate of drug-likeness (QED) is 0.828. The van der Waals surface area contributed by atoms with E-state index in [9.17, 15) is 9.90 Å². The predicted molar refractivity (Wildman–Crippen MR) is 99.5 cm³/mol. The van der Waals surface area contributed by atoms with Gasteiger partial charge in [0.25, 0.3) is 0 Å². The van der Waals surface area contributed by atoms with Crippen molar-refractivity contribution in [3.05, 3.63) is 35.5 Å². The summed E-state index contributed by atoms with van der Waals surface area (Å²) in [4.78, 5) is 19.3. The van der Waals surface area contributed by atoms with Gasteiger partial charge in [-0.15, -0.1) is 0 Å². The summed E-state index contributed by atoms with van der Waals surface area (Å²) in [5, 5.41) is 12.3. The molecule has 1 aromatic heterocycles. The molecule has 26 heavy (non-hydrogen) atoms. The average Bonchev–Trinajstić information content (AvgIpc) is 2.97. The molecule has 0 spiro atoms. The van der Waals surface area contributed by atoms with Crippen molar-refractivity contribution in [2.75, 3.05) is 6.54 Å². The van der Waals surface area contributed by atoms with Crippen molar-refractivity contribution in [3.8, 4) is 0 Å². The first-order valence-corrected chi connectivity index (χ1v) is 10.1. The fraction of sp³-hybridized carbons (Fsp3) is 0.591. The number of aliphatic hydroxyl groups is 1. The monoisotopic (exact) mass is 350 g/mol. The Bertz CT molecular complexity index is 900. The number of H-pyrrole nitrogens is 1. The fourth-order valence-corrected chi connectivity index (χ4v) is 7.14. The Balaban J connectivity index is 1.33. The Hall–Kier alpha value is -1.81. The number of nitrogens with zero attached hydrogens (tertiary/aromatic N) is 1. The van der Waals surface area contributed by atoms with Crippen LogP contribution in [0.1, 0.15) is 49.8 Å². The van der Waals surface area contributed by atoms with Crippen LogP contribution in [-0.2, 0) is 17.8 Å². The molecule has 5 aliphatic rings. The number of carbonyl (C=O) groups is 1. The van der Waals surface area contributed by atoms with Crippen LogP contribution in [0.2, 0.25) is 0 Å². The molecule has 4 heteroatoms. The lowest BCUT2D eigenvalue weighted by Crippen LogP contribution is -2.61. The van der Waals surface area contributed by atoms with Gasteiger partial charge in [0.1, 0.15) is 0 Å². The van der Waals surface area contributed by atoms with Crippen LogP contribution < -0.4 is 0 Å². The number of fused-ring (bicyclic) bond motifs is 3. The molecule has 4 fully saturated rings. The molecule has 2 atom stereocenters. The molecule has 2 heterocycles. The van der Waals surface area contributed by atoms with Gasteiger partial charge in [0, 0.05) is 41.7 Å². The van der Waals surface area contributed by atoms with Crippen molar-refractivity contribution in [1.82, 2.24) is 9.88 Å². The van der Waals surface area contributed by atoms with E-state index < -0.39 is 5.60 Å². The number of aromatic amines is 1. The molecular weight excluding hydrogens is 324 g/mol. The Kier molecular flexibility index (Phi) is 2.89. The maximum atomic E-state index is 13.7. The maximum Gasteiger partial charge on any atom is 0.229 e. The number of carbonyl (C=O) groups excluding carboxylic acids is 1. The van der Waals surface area contributed by atoms with E-state index in [4.69, 9.17) is 0 Å². The van der Waals surface area contributed by atoms with Gasteiger partial charge in [-0.25, -0.2) is 0 Å². The number of hydrogen-bond acceptors (Lipinski definition) is 2. The summed E-state index contributed by atoms with van der Waals surface area (Å²) in [6.45, 7) is 1.52. The second-order valence-electron chi connectivity index (χ2n) is 9.57. The first-order chi connectivity index (χ1) is 12.5. The second-order valence-corrected chi connectivity index (χ2v) is 9.57. The van der Waals surface area contributed by atoms with E-state index in [2.05, 4.69) is 34.1 Å². The largest absolute Gasteiger partial charge is 0.390 e. The molecule has 1 aliphatic heterocycles. The van der Waals surface area contributed by atoms with E-state index in [1.165, 1.54) is 28.6 Å². The topological polar surface area (TPSA) is 56.3 Å². The van der Waals surface area contributed by atoms with Gasteiger partial charge in [0.05, 0.1) is 11.0 Å². The molecule has 7 rings (SSSR count).